The molecule has 0 saturated heterocycles. The van der Waals surface area contributed by atoms with Gasteiger partial charge in [0.2, 0.25) is 0 Å². The van der Waals surface area contributed by atoms with E-state index in [1.165, 1.54) is 17.5 Å². The summed E-state index contributed by atoms with van der Waals surface area (Å²) in [5, 5.41) is 5.24. The van der Waals surface area contributed by atoms with E-state index < -0.39 is 0 Å². The maximum atomic E-state index is 11.9. The third-order valence-corrected chi connectivity index (χ3v) is 3.50. The van der Waals surface area contributed by atoms with Gasteiger partial charge < -0.3 is 0 Å². The van der Waals surface area contributed by atoms with Crippen LogP contribution in [0.4, 0.5) is 5.13 Å². The molecule has 0 aliphatic heterocycles. The van der Waals surface area contributed by atoms with Crippen molar-refractivity contribution in [2.24, 2.45) is 0 Å². The van der Waals surface area contributed by atoms with Crippen LogP contribution >= 0.6 is 38.9 Å². The SMILES string of the molecule is Cc1csc(NC(=O)c2cc(Br)cnc2Cl)n1. The maximum absolute atomic E-state index is 11.9. The molecule has 0 aliphatic carbocycles. The Morgan fingerprint density at radius 1 is 1.59 bits per heavy atom. The summed E-state index contributed by atoms with van der Waals surface area (Å²) >= 11 is 10.5. The number of hydrogen-bond acceptors (Lipinski definition) is 4. The third-order valence-electron chi connectivity index (χ3n) is 1.89. The van der Waals surface area contributed by atoms with Gasteiger partial charge in [-0.3, -0.25) is 10.1 Å². The number of pyridine rings is 1. The van der Waals surface area contributed by atoms with Crippen molar-refractivity contribution in [1.82, 2.24) is 9.97 Å². The van der Waals surface area contributed by atoms with E-state index in [0.29, 0.717) is 15.2 Å². The lowest BCUT2D eigenvalue weighted by Gasteiger charge is -2.03. The van der Waals surface area contributed by atoms with Gasteiger partial charge >= 0.3 is 0 Å². The topological polar surface area (TPSA) is 54.9 Å². The smallest absolute Gasteiger partial charge is 0.260 e. The Kier molecular flexibility index (Phi) is 3.76. The van der Waals surface area contributed by atoms with Gasteiger partial charge in [0, 0.05) is 16.0 Å². The number of amides is 1. The predicted octanol–water partition coefficient (Wildman–Crippen LogP) is 3.51. The third kappa shape index (κ3) is 3.02. The lowest BCUT2D eigenvalue weighted by atomic mass is 10.3. The Bertz CT molecular complexity index is 572. The number of nitrogens with one attached hydrogen (secondary N) is 1. The van der Waals surface area contributed by atoms with Crippen LogP contribution < -0.4 is 5.32 Å². The molecule has 2 heterocycles. The predicted molar refractivity (Wildman–Crippen MR) is 71.8 cm³/mol. The fourth-order valence-corrected chi connectivity index (χ4v) is 2.36. The molecular weight excluding hydrogens is 326 g/mol. The van der Waals surface area contributed by atoms with Crippen LogP contribution in [0.2, 0.25) is 5.15 Å². The summed E-state index contributed by atoms with van der Waals surface area (Å²) in [6.07, 6.45) is 1.53. The molecule has 7 heteroatoms. The first kappa shape index (κ1) is 12.5. The lowest BCUT2D eigenvalue weighted by molar-refractivity contribution is 0.102. The zero-order valence-corrected chi connectivity index (χ0v) is 11.9. The van der Waals surface area contributed by atoms with E-state index in [9.17, 15) is 4.79 Å². The minimum absolute atomic E-state index is 0.166. The van der Waals surface area contributed by atoms with Crippen molar-refractivity contribution >= 4 is 49.9 Å². The summed E-state index contributed by atoms with van der Waals surface area (Å²) in [5.74, 6) is -0.321. The van der Waals surface area contributed by atoms with Gasteiger partial charge in [-0.1, -0.05) is 11.6 Å². The molecule has 2 rings (SSSR count). The van der Waals surface area contributed by atoms with Gasteiger partial charge in [0.1, 0.15) is 5.15 Å². The van der Waals surface area contributed by atoms with Crippen molar-refractivity contribution in [1.29, 1.82) is 0 Å². The van der Waals surface area contributed by atoms with Crippen LogP contribution in [-0.4, -0.2) is 15.9 Å². The monoisotopic (exact) mass is 331 g/mol. The summed E-state index contributed by atoms with van der Waals surface area (Å²) in [6, 6.07) is 1.62. The van der Waals surface area contributed by atoms with Crippen LogP contribution in [0.1, 0.15) is 16.1 Å². The van der Waals surface area contributed by atoms with Crippen molar-refractivity contribution in [3.63, 3.8) is 0 Å². The van der Waals surface area contributed by atoms with Gasteiger partial charge in [-0.25, -0.2) is 9.97 Å². The van der Waals surface area contributed by atoms with Crippen LogP contribution in [0.25, 0.3) is 0 Å². The molecule has 2 aromatic heterocycles. The fraction of sp³-hybridized carbons (Fsp3) is 0.100. The number of halogens is 2. The number of nitrogens with zero attached hydrogens (tertiary/aromatic N) is 2. The van der Waals surface area contributed by atoms with Crippen LogP contribution in [0.15, 0.2) is 22.1 Å². The molecule has 1 N–H and O–H groups in total. The molecule has 0 fully saturated rings. The van der Waals surface area contributed by atoms with Crippen LogP contribution in [0.5, 0.6) is 0 Å². The van der Waals surface area contributed by atoms with E-state index in [1.807, 2.05) is 12.3 Å². The average molecular weight is 333 g/mol. The molecule has 0 spiro atoms. The van der Waals surface area contributed by atoms with Crippen molar-refractivity contribution < 1.29 is 4.79 Å². The van der Waals surface area contributed by atoms with Gasteiger partial charge in [0.25, 0.3) is 5.91 Å². The Morgan fingerprint density at radius 2 is 2.35 bits per heavy atom. The lowest BCUT2D eigenvalue weighted by Crippen LogP contribution is -2.12. The van der Waals surface area contributed by atoms with Crippen molar-refractivity contribution in [2.45, 2.75) is 6.92 Å². The number of anilines is 1. The highest BCUT2D eigenvalue weighted by Crippen LogP contribution is 2.21. The summed E-state index contributed by atoms with van der Waals surface area (Å²) < 4.78 is 0.697. The second kappa shape index (κ2) is 5.12. The summed E-state index contributed by atoms with van der Waals surface area (Å²) in [4.78, 5) is 19.9. The first-order valence-electron chi connectivity index (χ1n) is 4.61. The summed E-state index contributed by atoms with van der Waals surface area (Å²) in [6.45, 7) is 1.86. The molecule has 88 valence electrons. The number of hydrogen-bond donors (Lipinski definition) is 1. The van der Waals surface area contributed by atoms with Crippen LogP contribution in [-0.2, 0) is 0 Å². The largest absolute Gasteiger partial charge is 0.298 e. The van der Waals surface area contributed by atoms with Gasteiger partial charge in [-0.2, -0.15) is 0 Å². The van der Waals surface area contributed by atoms with Gasteiger partial charge in [0.15, 0.2) is 5.13 Å². The van der Waals surface area contributed by atoms with Crippen molar-refractivity contribution in [2.75, 3.05) is 5.32 Å². The normalized spacial score (nSPS) is 10.3. The molecule has 0 saturated carbocycles. The van der Waals surface area contributed by atoms with E-state index in [0.717, 1.165) is 5.69 Å². The molecule has 0 bridgehead atoms. The summed E-state index contributed by atoms with van der Waals surface area (Å²) in [5.41, 5.74) is 1.18. The quantitative estimate of drug-likeness (QED) is 0.856. The Hall–Kier alpha value is -0.980. The molecular formula is C10H7BrClN3OS. The van der Waals surface area contributed by atoms with Gasteiger partial charge in [0.05, 0.1) is 11.3 Å². The molecule has 0 aromatic carbocycles. The van der Waals surface area contributed by atoms with E-state index in [4.69, 9.17) is 11.6 Å². The molecule has 0 radical (unpaired) electrons. The van der Waals surface area contributed by atoms with E-state index in [2.05, 4.69) is 31.2 Å². The van der Waals surface area contributed by atoms with E-state index >= 15 is 0 Å². The number of aryl methyl sites for hydroxylation is 1. The molecule has 4 nitrogen and oxygen atoms in total. The van der Waals surface area contributed by atoms with Gasteiger partial charge in [-0.05, 0) is 28.9 Å². The second-order valence-electron chi connectivity index (χ2n) is 3.24. The first-order valence-corrected chi connectivity index (χ1v) is 6.66. The molecule has 0 aliphatic rings. The summed E-state index contributed by atoms with van der Waals surface area (Å²) in [7, 11) is 0. The molecule has 1 amide bonds. The van der Waals surface area contributed by atoms with E-state index in [-0.39, 0.29) is 11.1 Å². The molecule has 17 heavy (non-hydrogen) atoms. The first-order chi connectivity index (χ1) is 8.06. The standard InChI is InChI=1S/C10H7BrClN3OS/c1-5-4-17-10(14-5)15-9(16)7-2-6(11)3-13-8(7)12/h2-4H,1H3,(H,14,15,16). The molecule has 2 aromatic rings. The fourth-order valence-electron chi connectivity index (χ4n) is 1.16. The van der Waals surface area contributed by atoms with Crippen LogP contribution in [0, 0.1) is 6.92 Å². The van der Waals surface area contributed by atoms with E-state index in [1.54, 1.807) is 6.07 Å². The number of carbonyl (C=O) groups excluding carboxylic acids is 1. The Morgan fingerprint density at radius 3 is 3.00 bits per heavy atom. The highest BCUT2D eigenvalue weighted by Gasteiger charge is 2.13. The zero-order valence-electron chi connectivity index (χ0n) is 8.70. The van der Waals surface area contributed by atoms with Gasteiger partial charge in [-0.15, -0.1) is 11.3 Å². The number of rotatable bonds is 2. The number of carbonyl (C=O) groups is 1. The van der Waals surface area contributed by atoms with Crippen molar-refractivity contribution in [3.05, 3.63) is 38.5 Å². The minimum atomic E-state index is -0.321. The number of aromatic nitrogens is 2. The molecule has 0 atom stereocenters. The second-order valence-corrected chi connectivity index (χ2v) is 5.37. The van der Waals surface area contributed by atoms with Crippen molar-refractivity contribution in [3.8, 4) is 0 Å². The van der Waals surface area contributed by atoms with Crippen LogP contribution in [0.3, 0.4) is 0 Å². The molecule has 0 unspecified atom stereocenters. The maximum Gasteiger partial charge on any atom is 0.260 e. The number of thiazole rings is 1. The highest BCUT2D eigenvalue weighted by atomic mass is 79.9. The highest BCUT2D eigenvalue weighted by molar-refractivity contribution is 9.10. The average Bonchev–Trinajstić information content (AvgIpc) is 2.67. The Labute approximate surface area is 115 Å². The Balaban J connectivity index is 2.22. The zero-order chi connectivity index (χ0) is 12.4. The minimum Gasteiger partial charge on any atom is -0.298 e.